The molecule has 0 amide bonds. The maximum atomic E-state index is 5.78. The zero-order valence-corrected chi connectivity index (χ0v) is 16.1. The maximum Gasteiger partial charge on any atom is 0.143 e. The van der Waals surface area contributed by atoms with Crippen molar-refractivity contribution >= 4 is 10.9 Å². The molecule has 0 bridgehead atoms. The van der Waals surface area contributed by atoms with Crippen LogP contribution in [0.4, 0.5) is 0 Å². The van der Waals surface area contributed by atoms with Gasteiger partial charge in [0, 0.05) is 17.1 Å². The summed E-state index contributed by atoms with van der Waals surface area (Å²) in [5.74, 6) is 1.69. The summed E-state index contributed by atoms with van der Waals surface area (Å²) in [6, 6.07) is 33.2. The Morgan fingerprint density at radius 3 is 2.03 bits per heavy atom. The zero-order chi connectivity index (χ0) is 19.6. The maximum absolute atomic E-state index is 5.78. The van der Waals surface area contributed by atoms with E-state index in [1.54, 1.807) is 7.11 Å². The highest BCUT2D eigenvalue weighted by Gasteiger charge is 2.23. The molecule has 0 N–H and O–H groups in total. The molecule has 3 heteroatoms. The van der Waals surface area contributed by atoms with Crippen molar-refractivity contribution in [1.29, 1.82) is 0 Å². The second-order valence-electron chi connectivity index (χ2n) is 6.84. The van der Waals surface area contributed by atoms with Gasteiger partial charge < -0.3 is 4.74 Å². The molecule has 2 aromatic heterocycles. The predicted molar refractivity (Wildman–Crippen MR) is 118 cm³/mol. The molecule has 0 saturated carbocycles. The Hall–Kier alpha value is -3.85. The third-order valence-corrected chi connectivity index (χ3v) is 5.16. The monoisotopic (exact) mass is 376 g/mol. The van der Waals surface area contributed by atoms with E-state index in [0.717, 1.165) is 33.7 Å². The van der Waals surface area contributed by atoms with Crippen molar-refractivity contribution in [3.05, 3.63) is 103 Å². The van der Waals surface area contributed by atoms with Crippen LogP contribution in [0.25, 0.3) is 39.1 Å². The molecule has 0 aliphatic heterocycles. The standard InChI is InChI=1S/C26H20N2O/c1-29-22-16-10-15-21-24(19-11-4-2-5-12-19)25(20-13-6-3-7-14-20)28(26(21)22)23-17-8-9-18-27-23/h2-18H,1H3. The molecule has 0 unspecified atom stereocenters. The van der Waals surface area contributed by atoms with Crippen molar-refractivity contribution in [2.24, 2.45) is 0 Å². The van der Waals surface area contributed by atoms with E-state index in [0.29, 0.717) is 0 Å². The van der Waals surface area contributed by atoms with Crippen LogP contribution in [0.15, 0.2) is 103 Å². The number of nitrogens with zero attached hydrogens (tertiary/aromatic N) is 2. The van der Waals surface area contributed by atoms with Crippen LogP contribution in [0.5, 0.6) is 5.75 Å². The van der Waals surface area contributed by atoms with Gasteiger partial charge >= 0.3 is 0 Å². The summed E-state index contributed by atoms with van der Waals surface area (Å²) in [6.07, 6.45) is 1.83. The van der Waals surface area contributed by atoms with Crippen LogP contribution in [-0.4, -0.2) is 16.7 Å². The number of pyridine rings is 1. The lowest BCUT2D eigenvalue weighted by molar-refractivity contribution is 0.418. The summed E-state index contributed by atoms with van der Waals surface area (Å²) >= 11 is 0. The Morgan fingerprint density at radius 2 is 1.38 bits per heavy atom. The number of rotatable bonds is 4. The molecule has 0 fully saturated rings. The van der Waals surface area contributed by atoms with Crippen LogP contribution >= 0.6 is 0 Å². The molecular weight excluding hydrogens is 356 g/mol. The minimum Gasteiger partial charge on any atom is -0.495 e. The van der Waals surface area contributed by atoms with Crippen molar-refractivity contribution < 1.29 is 4.74 Å². The zero-order valence-electron chi connectivity index (χ0n) is 16.1. The average Bonchev–Trinajstić information content (AvgIpc) is 3.16. The van der Waals surface area contributed by atoms with Crippen molar-refractivity contribution in [2.45, 2.75) is 0 Å². The highest BCUT2D eigenvalue weighted by atomic mass is 16.5. The normalized spacial score (nSPS) is 10.9. The molecule has 0 aliphatic rings. The van der Waals surface area contributed by atoms with E-state index in [2.05, 4.69) is 64.1 Å². The first-order valence-corrected chi connectivity index (χ1v) is 9.62. The quantitative estimate of drug-likeness (QED) is 0.364. The van der Waals surface area contributed by atoms with Gasteiger partial charge in [-0.05, 0) is 29.3 Å². The Labute approximate surface area is 169 Å². The highest BCUT2D eigenvalue weighted by molar-refractivity contribution is 6.07. The SMILES string of the molecule is COc1cccc2c(-c3ccccc3)c(-c3ccccc3)n(-c3ccccn3)c12. The van der Waals surface area contributed by atoms with E-state index in [1.165, 1.54) is 11.1 Å². The fourth-order valence-corrected chi connectivity index (χ4v) is 3.95. The number of methoxy groups -OCH3 is 1. The van der Waals surface area contributed by atoms with Gasteiger partial charge in [0.25, 0.3) is 0 Å². The molecule has 0 atom stereocenters. The van der Waals surface area contributed by atoms with Crippen LogP contribution in [0.1, 0.15) is 0 Å². The average molecular weight is 376 g/mol. The molecule has 5 aromatic rings. The van der Waals surface area contributed by atoms with Crippen LogP contribution in [0.2, 0.25) is 0 Å². The summed E-state index contributed by atoms with van der Waals surface area (Å²) in [5, 5.41) is 1.14. The summed E-state index contributed by atoms with van der Waals surface area (Å²) in [5.41, 5.74) is 5.60. The van der Waals surface area contributed by atoms with Gasteiger partial charge in [-0.15, -0.1) is 0 Å². The van der Waals surface area contributed by atoms with Gasteiger partial charge in [0.1, 0.15) is 11.6 Å². The van der Waals surface area contributed by atoms with Gasteiger partial charge in [0.05, 0.1) is 18.3 Å². The van der Waals surface area contributed by atoms with Crippen molar-refractivity contribution in [2.75, 3.05) is 7.11 Å². The molecule has 3 aromatic carbocycles. The van der Waals surface area contributed by atoms with E-state index in [4.69, 9.17) is 4.74 Å². The Balaban J connectivity index is 2.01. The Kier molecular flexibility index (Phi) is 4.34. The summed E-state index contributed by atoms with van der Waals surface area (Å²) < 4.78 is 8.00. The van der Waals surface area contributed by atoms with E-state index in [1.807, 2.05) is 48.7 Å². The molecule has 3 nitrogen and oxygen atoms in total. The van der Waals surface area contributed by atoms with Gasteiger partial charge in [-0.1, -0.05) is 78.9 Å². The lowest BCUT2D eigenvalue weighted by Gasteiger charge is -2.13. The fraction of sp³-hybridized carbons (Fsp3) is 0.0385. The van der Waals surface area contributed by atoms with E-state index < -0.39 is 0 Å². The van der Waals surface area contributed by atoms with Gasteiger partial charge in [-0.25, -0.2) is 4.98 Å². The number of benzene rings is 3. The van der Waals surface area contributed by atoms with Crippen molar-refractivity contribution in [3.8, 4) is 34.0 Å². The molecule has 29 heavy (non-hydrogen) atoms. The first-order valence-electron chi connectivity index (χ1n) is 9.62. The highest BCUT2D eigenvalue weighted by Crippen LogP contribution is 2.44. The predicted octanol–water partition coefficient (Wildman–Crippen LogP) is 6.37. The molecule has 2 heterocycles. The van der Waals surface area contributed by atoms with E-state index in [9.17, 15) is 0 Å². The third-order valence-electron chi connectivity index (χ3n) is 5.16. The lowest BCUT2D eigenvalue weighted by Crippen LogP contribution is -2.01. The number of hydrogen-bond donors (Lipinski definition) is 0. The topological polar surface area (TPSA) is 27.1 Å². The smallest absolute Gasteiger partial charge is 0.143 e. The van der Waals surface area contributed by atoms with Crippen molar-refractivity contribution in [1.82, 2.24) is 9.55 Å². The number of fused-ring (bicyclic) bond motifs is 1. The first kappa shape index (κ1) is 17.3. The molecular formula is C26H20N2O. The van der Waals surface area contributed by atoms with Gasteiger partial charge in [0.2, 0.25) is 0 Å². The molecule has 0 radical (unpaired) electrons. The summed E-state index contributed by atoms with van der Waals surface area (Å²) in [7, 11) is 1.72. The molecule has 140 valence electrons. The molecule has 5 rings (SSSR count). The number of aromatic nitrogens is 2. The third kappa shape index (κ3) is 2.88. The number of para-hydroxylation sites is 1. The lowest BCUT2D eigenvalue weighted by atomic mass is 9.98. The Morgan fingerprint density at radius 1 is 0.690 bits per heavy atom. The van der Waals surface area contributed by atoms with Gasteiger partial charge in [-0.2, -0.15) is 0 Å². The Bertz CT molecular complexity index is 1260. The van der Waals surface area contributed by atoms with Gasteiger partial charge in [-0.3, -0.25) is 4.57 Å². The van der Waals surface area contributed by atoms with Gasteiger partial charge in [0.15, 0.2) is 0 Å². The van der Waals surface area contributed by atoms with E-state index >= 15 is 0 Å². The molecule has 0 saturated heterocycles. The van der Waals surface area contributed by atoms with Crippen LogP contribution in [0, 0.1) is 0 Å². The minimum atomic E-state index is 0.826. The first-order chi connectivity index (χ1) is 14.4. The molecule has 0 spiro atoms. The molecule has 0 aliphatic carbocycles. The minimum absolute atomic E-state index is 0.826. The van der Waals surface area contributed by atoms with E-state index in [-0.39, 0.29) is 0 Å². The second-order valence-corrected chi connectivity index (χ2v) is 6.84. The largest absolute Gasteiger partial charge is 0.495 e. The number of ether oxygens (including phenoxy) is 1. The fourth-order valence-electron chi connectivity index (χ4n) is 3.95. The van der Waals surface area contributed by atoms with Crippen LogP contribution < -0.4 is 4.74 Å². The van der Waals surface area contributed by atoms with Crippen LogP contribution in [0.3, 0.4) is 0 Å². The second kappa shape index (κ2) is 7.28. The summed E-state index contributed by atoms with van der Waals surface area (Å²) in [6.45, 7) is 0. The summed E-state index contributed by atoms with van der Waals surface area (Å²) in [4.78, 5) is 4.68. The van der Waals surface area contributed by atoms with Crippen LogP contribution in [-0.2, 0) is 0 Å². The van der Waals surface area contributed by atoms with Crippen molar-refractivity contribution in [3.63, 3.8) is 0 Å². The number of hydrogen-bond acceptors (Lipinski definition) is 2.